The predicted molar refractivity (Wildman–Crippen MR) is 85.8 cm³/mol. The molecular formula is C17H21N3O2. The lowest BCUT2D eigenvalue weighted by atomic mass is 10.1. The van der Waals surface area contributed by atoms with Crippen molar-refractivity contribution < 1.29 is 4.79 Å². The van der Waals surface area contributed by atoms with Crippen LogP contribution in [0.3, 0.4) is 0 Å². The Morgan fingerprint density at radius 2 is 2.00 bits per heavy atom. The number of amides is 1. The number of carbonyl (C=O) groups excluding carboxylic acids is 1. The molecule has 1 aromatic carbocycles. The highest BCUT2D eigenvalue weighted by molar-refractivity contribution is 5.78. The molecule has 0 bridgehead atoms. The second-order valence-corrected chi connectivity index (χ2v) is 5.28. The molecule has 0 aliphatic rings. The largest absolute Gasteiger partial charge is 0.354 e. The van der Waals surface area contributed by atoms with Crippen LogP contribution in [0.2, 0.25) is 0 Å². The normalized spacial score (nSPS) is 10.5. The van der Waals surface area contributed by atoms with Gasteiger partial charge in [0.15, 0.2) is 0 Å². The molecule has 0 spiro atoms. The van der Waals surface area contributed by atoms with E-state index in [2.05, 4.69) is 10.3 Å². The van der Waals surface area contributed by atoms with E-state index in [9.17, 15) is 9.59 Å². The second-order valence-electron chi connectivity index (χ2n) is 5.28. The molecule has 2 aromatic rings. The number of aromatic nitrogens is 2. The van der Waals surface area contributed by atoms with Gasteiger partial charge in [-0.2, -0.15) is 0 Å². The van der Waals surface area contributed by atoms with Crippen LogP contribution in [-0.2, 0) is 24.2 Å². The van der Waals surface area contributed by atoms with Gasteiger partial charge in [-0.25, -0.2) is 4.98 Å². The van der Waals surface area contributed by atoms with E-state index < -0.39 is 0 Å². The highest BCUT2D eigenvalue weighted by Gasteiger charge is 2.04. The molecule has 0 saturated carbocycles. The first kappa shape index (κ1) is 15.9. The summed E-state index contributed by atoms with van der Waals surface area (Å²) in [5.74, 6) is -0.0463. The number of hydrogen-bond acceptors (Lipinski definition) is 3. The number of nitrogens with zero attached hydrogens (tertiary/aromatic N) is 2. The Hall–Kier alpha value is -2.43. The van der Waals surface area contributed by atoms with Gasteiger partial charge in [-0.1, -0.05) is 36.8 Å². The van der Waals surface area contributed by atoms with Crippen LogP contribution >= 0.6 is 0 Å². The van der Waals surface area contributed by atoms with Crippen LogP contribution in [0.15, 0.2) is 41.5 Å². The third kappa shape index (κ3) is 4.55. The van der Waals surface area contributed by atoms with E-state index in [1.54, 1.807) is 0 Å². The van der Waals surface area contributed by atoms with Crippen molar-refractivity contribution in [3.05, 3.63) is 63.8 Å². The van der Waals surface area contributed by atoms with Gasteiger partial charge in [-0.05, 0) is 18.9 Å². The molecule has 1 aromatic heterocycles. The summed E-state index contributed by atoms with van der Waals surface area (Å²) in [7, 11) is 0. The smallest absolute Gasteiger partial charge is 0.253 e. The molecule has 1 N–H and O–H groups in total. The van der Waals surface area contributed by atoms with E-state index in [1.165, 1.54) is 22.5 Å². The van der Waals surface area contributed by atoms with Gasteiger partial charge in [0.2, 0.25) is 5.91 Å². The lowest BCUT2D eigenvalue weighted by molar-refractivity contribution is -0.120. The van der Waals surface area contributed by atoms with Crippen LogP contribution in [0.4, 0.5) is 0 Å². The Labute approximate surface area is 130 Å². The summed E-state index contributed by atoms with van der Waals surface area (Å²) >= 11 is 0. The zero-order chi connectivity index (χ0) is 15.9. The summed E-state index contributed by atoms with van der Waals surface area (Å²) in [5.41, 5.74) is 2.85. The zero-order valence-corrected chi connectivity index (χ0v) is 13.0. The number of benzene rings is 1. The molecule has 0 unspecified atom stereocenters. The van der Waals surface area contributed by atoms with E-state index in [0.717, 1.165) is 17.7 Å². The van der Waals surface area contributed by atoms with Gasteiger partial charge in [0.1, 0.15) is 0 Å². The lowest BCUT2D eigenvalue weighted by Crippen LogP contribution is -2.31. The summed E-state index contributed by atoms with van der Waals surface area (Å²) in [6.45, 7) is 4.81. The van der Waals surface area contributed by atoms with Crippen LogP contribution in [0, 0.1) is 6.92 Å². The number of hydrogen-bond donors (Lipinski definition) is 1. The Kier molecular flexibility index (Phi) is 5.47. The molecule has 0 saturated heterocycles. The van der Waals surface area contributed by atoms with Gasteiger partial charge in [0.05, 0.1) is 12.7 Å². The summed E-state index contributed by atoms with van der Waals surface area (Å²) in [5, 5.41) is 2.82. The Balaban J connectivity index is 1.82. The summed E-state index contributed by atoms with van der Waals surface area (Å²) in [6.07, 6.45) is 2.62. The first-order valence-electron chi connectivity index (χ1n) is 7.46. The standard InChI is InChI=1S/C17H21N3O2/c1-3-15-11-17(22)20(12-19-15)9-8-18-16(21)10-14-6-4-13(2)5-7-14/h4-7,11-12H,3,8-10H2,1-2H3,(H,18,21). The molecule has 1 heterocycles. The molecule has 0 aliphatic heterocycles. The molecule has 5 nitrogen and oxygen atoms in total. The van der Waals surface area contributed by atoms with Gasteiger partial charge in [-0.15, -0.1) is 0 Å². The van der Waals surface area contributed by atoms with E-state index in [0.29, 0.717) is 19.5 Å². The van der Waals surface area contributed by atoms with Crippen molar-refractivity contribution in [1.82, 2.24) is 14.9 Å². The van der Waals surface area contributed by atoms with Crippen molar-refractivity contribution in [2.24, 2.45) is 0 Å². The quantitative estimate of drug-likeness (QED) is 0.878. The monoisotopic (exact) mass is 299 g/mol. The van der Waals surface area contributed by atoms with Crippen LogP contribution in [-0.4, -0.2) is 22.0 Å². The molecule has 22 heavy (non-hydrogen) atoms. The SMILES string of the molecule is CCc1cc(=O)n(CCNC(=O)Cc2ccc(C)cc2)cn1. The molecule has 1 amide bonds. The fourth-order valence-corrected chi connectivity index (χ4v) is 2.09. The van der Waals surface area contributed by atoms with Crippen molar-refractivity contribution >= 4 is 5.91 Å². The fraction of sp³-hybridized carbons (Fsp3) is 0.353. The first-order valence-corrected chi connectivity index (χ1v) is 7.46. The minimum Gasteiger partial charge on any atom is -0.354 e. The van der Waals surface area contributed by atoms with Crippen molar-refractivity contribution in [1.29, 1.82) is 0 Å². The van der Waals surface area contributed by atoms with E-state index in [1.807, 2.05) is 38.1 Å². The average molecular weight is 299 g/mol. The number of carbonyl (C=O) groups is 1. The Morgan fingerprint density at radius 1 is 1.27 bits per heavy atom. The molecule has 0 atom stereocenters. The van der Waals surface area contributed by atoms with Crippen LogP contribution < -0.4 is 10.9 Å². The molecular weight excluding hydrogens is 278 g/mol. The van der Waals surface area contributed by atoms with Crippen molar-refractivity contribution in [2.75, 3.05) is 6.54 Å². The van der Waals surface area contributed by atoms with E-state index in [4.69, 9.17) is 0 Å². The zero-order valence-electron chi connectivity index (χ0n) is 13.0. The minimum atomic E-state index is -0.0837. The third-order valence-electron chi connectivity index (χ3n) is 3.46. The maximum absolute atomic E-state index is 11.9. The van der Waals surface area contributed by atoms with E-state index >= 15 is 0 Å². The maximum Gasteiger partial charge on any atom is 0.253 e. The summed E-state index contributed by atoms with van der Waals surface area (Å²) in [4.78, 5) is 27.8. The Bertz CT molecular complexity index is 690. The molecule has 5 heteroatoms. The first-order chi connectivity index (χ1) is 10.6. The lowest BCUT2D eigenvalue weighted by Gasteiger charge is -2.08. The molecule has 0 fully saturated rings. The topological polar surface area (TPSA) is 64.0 Å². The van der Waals surface area contributed by atoms with Crippen molar-refractivity contribution in [2.45, 2.75) is 33.2 Å². The number of nitrogens with one attached hydrogen (secondary N) is 1. The van der Waals surface area contributed by atoms with Crippen LogP contribution in [0.25, 0.3) is 0 Å². The molecule has 0 radical (unpaired) electrons. The average Bonchev–Trinajstić information content (AvgIpc) is 2.51. The van der Waals surface area contributed by atoms with Gasteiger partial charge < -0.3 is 5.32 Å². The van der Waals surface area contributed by atoms with Crippen molar-refractivity contribution in [3.8, 4) is 0 Å². The highest BCUT2D eigenvalue weighted by Crippen LogP contribution is 2.03. The minimum absolute atomic E-state index is 0.0463. The molecule has 116 valence electrons. The van der Waals surface area contributed by atoms with Gasteiger partial charge in [-0.3, -0.25) is 14.2 Å². The molecule has 0 aliphatic carbocycles. The van der Waals surface area contributed by atoms with Crippen LogP contribution in [0.5, 0.6) is 0 Å². The van der Waals surface area contributed by atoms with Gasteiger partial charge in [0, 0.05) is 24.8 Å². The van der Waals surface area contributed by atoms with Crippen molar-refractivity contribution in [3.63, 3.8) is 0 Å². The number of rotatable bonds is 6. The third-order valence-corrected chi connectivity index (χ3v) is 3.46. The second kappa shape index (κ2) is 7.54. The molecule has 2 rings (SSSR count). The van der Waals surface area contributed by atoms with Crippen LogP contribution in [0.1, 0.15) is 23.7 Å². The fourth-order valence-electron chi connectivity index (χ4n) is 2.09. The van der Waals surface area contributed by atoms with Gasteiger partial charge in [0.25, 0.3) is 5.56 Å². The summed E-state index contributed by atoms with van der Waals surface area (Å²) < 4.78 is 1.51. The van der Waals surface area contributed by atoms with Gasteiger partial charge >= 0.3 is 0 Å². The highest BCUT2D eigenvalue weighted by atomic mass is 16.1. The maximum atomic E-state index is 11.9. The van der Waals surface area contributed by atoms with E-state index in [-0.39, 0.29) is 11.5 Å². The Morgan fingerprint density at radius 3 is 2.64 bits per heavy atom. The summed E-state index contributed by atoms with van der Waals surface area (Å²) in [6, 6.07) is 9.42. The predicted octanol–water partition coefficient (Wildman–Crippen LogP) is 1.47. The number of aryl methyl sites for hydroxylation is 2.